The maximum atomic E-state index is 6.07. The highest BCUT2D eigenvalue weighted by molar-refractivity contribution is 6.12. The van der Waals surface area contributed by atoms with E-state index in [4.69, 9.17) is 14.2 Å². The summed E-state index contributed by atoms with van der Waals surface area (Å²) in [6.07, 6.45) is 1.62. The number of nitrogens with one attached hydrogen (secondary N) is 1. The first kappa shape index (κ1) is 22.1. The molecule has 0 saturated heterocycles. The van der Waals surface area contributed by atoms with Gasteiger partial charge in [0, 0.05) is 41.2 Å². The Morgan fingerprint density at radius 1 is 0.938 bits per heavy atom. The molecule has 0 aliphatic heterocycles. The molecule has 0 bridgehead atoms. The Hall–Kier alpha value is -3.15. The van der Waals surface area contributed by atoms with Crippen LogP contribution >= 0.6 is 0 Å². The van der Waals surface area contributed by atoms with Crippen LogP contribution in [0.5, 0.6) is 11.5 Å². The number of hydrogen-bond acceptors (Lipinski definition) is 4. The van der Waals surface area contributed by atoms with Crippen molar-refractivity contribution in [1.82, 2.24) is 4.98 Å². The van der Waals surface area contributed by atoms with Gasteiger partial charge in [0.15, 0.2) is 6.29 Å². The number of benzene rings is 3. The number of ether oxygens (including phenoxy) is 3. The summed E-state index contributed by atoms with van der Waals surface area (Å²) in [6.45, 7) is 9.87. The number of rotatable bonds is 9. The fourth-order valence-corrected chi connectivity index (χ4v) is 4.00. The first-order chi connectivity index (χ1) is 15.6. The third-order valence-electron chi connectivity index (χ3n) is 5.51. The molecule has 32 heavy (non-hydrogen) atoms. The number of H-pyrrole nitrogens is 1. The van der Waals surface area contributed by atoms with E-state index in [1.807, 2.05) is 56.5 Å². The van der Waals surface area contributed by atoms with Crippen LogP contribution < -0.4 is 4.74 Å². The quantitative estimate of drug-likeness (QED) is 0.242. The van der Waals surface area contributed by atoms with Gasteiger partial charge in [-0.25, -0.2) is 0 Å². The number of aromatic nitrogens is 1. The number of aryl methyl sites for hydroxylation is 2. The Kier molecular flexibility index (Phi) is 6.88. The van der Waals surface area contributed by atoms with Crippen LogP contribution in [0.1, 0.15) is 30.5 Å². The Morgan fingerprint density at radius 3 is 2.41 bits per heavy atom. The highest BCUT2D eigenvalue weighted by atomic mass is 16.7. The third-order valence-corrected chi connectivity index (χ3v) is 5.51. The summed E-state index contributed by atoms with van der Waals surface area (Å²) in [4.78, 5) is 8.19. The second kappa shape index (κ2) is 9.98. The Bertz CT molecular complexity index is 1220. The van der Waals surface area contributed by atoms with E-state index in [2.05, 4.69) is 42.0 Å². The molecular formula is C27H30N2O3. The molecule has 1 aromatic heterocycles. The first-order valence-corrected chi connectivity index (χ1v) is 11.1. The van der Waals surface area contributed by atoms with Crippen LogP contribution in [0.25, 0.3) is 21.8 Å². The zero-order valence-corrected chi connectivity index (χ0v) is 19.1. The predicted octanol–water partition coefficient (Wildman–Crippen LogP) is 6.55. The van der Waals surface area contributed by atoms with Gasteiger partial charge in [-0.2, -0.15) is 0 Å². The standard InChI is InChI=1S/C27H30N2O3/c1-5-30-25(31-6-2)17-28-16-20-14-18(3)27-26(19(20)4)23-15-22(12-13-24(23)29-27)32-21-10-8-7-9-11-21/h7-16,25,29H,5-6,17H2,1-4H3. The van der Waals surface area contributed by atoms with Gasteiger partial charge in [0.2, 0.25) is 0 Å². The van der Waals surface area contributed by atoms with Crippen molar-refractivity contribution < 1.29 is 14.2 Å². The molecule has 1 N–H and O–H groups in total. The molecule has 0 fully saturated rings. The van der Waals surface area contributed by atoms with Crippen molar-refractivity contribution in [2.45, 2.75) is 34.0 Å². The topological polar surface area (TPSA) is 55.8 Å². The van der Waals surface area contributed by atoms with E-state index in [-0.39, 0.29) is 6.29 Å². The average molecular weight is 431 g/mol. The summed E-state index contributed by atoms with van der Waals surface area (Å²) in [5.41, 5.74) is 5.69. The van der Waals surface area contributed by atoms with Crippen molar-refractivity contribution in [3.63, 3.8) is 0 Å². The molecule has 1 heterocycles. The van der Waals surface area contributed by atoms with Crippen molar-refractivity contribution in [3.05, 3.63) is 71.3 Å². The molecule has 5 heteroatoms. The highest BCUT2D eigenvalue weighted by Gasteiger charge is 2.13. The van der Waals surface area contributed by atoms with Crippen LogP contribution in [0, 0.1) is 13.8 Å². The first-order valence-electron chi connectivity index (χ1n) is 11.1. The summed E-state index contributed by atoms with van der Waals surface area (Å²) >= 11 is 0. The molecule has 0 unspecified atom stereocenters. The maximum absolute atomic E-state index is 6.07. The molecule has 0 spiro atoms. The molecule has 0 amide bonds. The molecule has 4 rings (SSSR count). The van der Waals surface area contributed by atoms with Gasteiger partial charge in [-0.15, -0.1) is 0 Å². The van der Waals surface area contributed by atoms with Gasteiger partial charge in [0.05, 0.1) is 6.54 Å². The van der Waals surface area contributed by atoms with Gasteiger partial charge in [-0.3, -0.25) is 4.99 Å². The number of nitrogens with zero attached hydrogens (tertiary/aromatic N) is 1. The molecular weight excluding hydrogens is 400 g/mol. The van der Waals surface area contributed by atoms with E-state index in [1.54, 1.807) is 0 Å². The van der Waals surface area contributed by atoms with Crippen LogP contribution in [0.3, 0.4) is 0 Å². The molecule has 166 valence electrons. The molecule has 0 aliphatic rings. The molecule has 0 radical (unpaired) electrons. The van der Waals surface area contributed by atoms with E-state index in [1.165, 1.54) is 16.5 Å². The normalized spacial score (nSPS) is 11.9. The number of hydrogen-bond donors (Lipinski definition) is 1. The lowest BCUT2D eigenvalue weighted by Gasteiger charge is -2.14. The molecule has 4 aromatic rings. The van der Waals surface area contributed by atoms with Gasteiger partial charge < -0.3 is 19.2 Å². The average Bonchev–Trinajstić information content (AvgIpc) is 3.18. The van der Waals surface area contributed by atoms with Gasteiger partial charge >= 0.3 is 0 Å². The van der Waals surface area contributed by atoms with Crippen molar-refractivity contribution >= 4 is 28.0 Å². The lowest BCUT2D eigenvalue weighted by atomic mass is 9.99. The van der Waals surface area contributed by atoms with Crippen LogP contribution in [0.4, 0.5) is 0 Å². The van der Waals surface area contributed by atoms with Crippen LogP contribution in [0.15, 0.2) is 59.6 Å². The Balaban J connectivity index is 1.69. The van der Waals surface area contributed by atoms with Gasteiger partial charge in [0.1, 0.15) is 11.5 Å². The van der Waals surface area contributed by atoms with Crippen LogP contribution in [-0.4, -0.2) is 37.2 Å². The van der Waals surface area contributed by atoms with Crippen molar-refractivity contribution in [3.8, 4) is 11.5 Å². The molecule has 5 nitrogen and oxygen atoms in total. The number of fused-ring (bicyclic) bond motifs is 3. The molecule has 0 atom stereocenters. The largest absolute Gasteiger partial charge is 0.457 e. The van der Waals surface area contributed by atoms with Gasteiger partial charge in [-0.05, 0) is 80.8 Å². The minimum atomic E-state index is -0.308. The summed E-state index contributed by atoms with van der Waals surface area (Å²) in [5.74, 6) is 1.64. The summed E-state index contributed by atoms with van der Waals surface area (Å²) < 4.78 is 17.3. The van der Waals surface area contributed by atoms with Crippen LogP contribution in [-0.2, 0) is 9.47 Å². The van der Waals surface area contributed by atoms with Crippen molar-refractivity contribution in [2.24, 2.45) is 4.99 Å². The van der Waals surface area contributed by atoms with E-state index in [0.717, 1.165) is 33.5 Å². The highest BCUT2D eigenvalue weighted by Crippen LogP contribution is 2.35. The second-order valence-electron chi connectivity index (χ2n) is 7.74. The van der Waals surface area contributed by atoms with Crippen molar-refractivity contribution in [1.29, 1.82) is 0 Å². The summed E-state index contributed by atoms with van der Waals surface area (Å²) in [6, 6.07) is 18.2. The van der Waals surface area contributed by atoms with E-state index in [9.17, 15) is 0 Å². The minimum absolute atomic E-state index is 0.308. The smallest absolute Gasteiger partial charge is 0.176 e. The fourth-order valence-electron chi connectivity index (χ4n) is 4.00. The lowest BCUT2D eigenvalue weighted by Crippen LogP contribution is -2.20. The zero-order valence-electron chi connectivity index (χ0n) is 19.1. The van der Waals surface area contributed by atoms with Crippen molar-refractivity contribution in [2.75, 3.05) is 19.8 Å². The SMILES string of the molecule is CCOC(CN=Cc1cc(C)c2[nH]c3ccc(Oc4ccccc4)cc3c2c1C)OCC. The molecule has 3 aromatic carbocycles. The molecule has 0 aliphatic carbocycles. The minimum Gasteiger partial charge on any atom is -0.457 e. The van der Waals surface area contributed by atoms with Gasteiger partial charge in [-0.1, -0.05) is 18.2 Å². The maximum Gasteiger partial charge on any atom is 0.176 e. The number of aromatic amines is 1. The predicted molar refractivity (Wildman–Crippen MR) is 131 cm³/mol. The Morgan fingerprint density at radius 2 is 1.69 bits per heavy atom. The fraction of sp³-hybridized carbons (Fsp3) is 0.296. The number of aliphatic imine (C=N–C) groups is 1. The summed E-state index contributed by atoms with van der Waals surface area (Å²) in [5, 5.41) is 2.34. The van der Waals surface area contributed by atoms with E-state index >= 15 is 0 Å². The van der Waals surface area contributed by atoms with Gasteiger partial charge in [0.25, 0.3) is 0 Å². The van der Waals surface area contributed by atoms with E-state index < -0.39 is 0 Å². The number of para-hydroxylation sites is 1. The molecule has 0 saturated carbocycles. The third kappa shape index (κ3) is 4.69. The lowest BCUT2D eigenvalue weighted by molar-refractivity contribution is -0.128. The Labute approximate surface area is 189 Å². The summed E-state index contributed by atoms with van der Waals surface area (Å²) in [7, 11) is 0. The monoisotopic (exact) mass is 430 g/mol. The second-order valence-corrected chi connectivity index (χ2v) is 7.74. The zero-order chi connectivity index (χ0) is 22.5. The van der Waals surface area contributed by atoms with E-state index in [0.29, 0.717) is 19.8 Å². The van der Waals surface area contributed by atoms with Crippen LogP contribution in [0.2, 0.25) is 0 Å².